The average molecular weight is 367 g/mol. The smallest absolute Gasteiger partial charge is 0.269 e. The fourth-order valence-corrected chi connectivity index (χ4v) is 2.96. The van der Waals surface area contributed by atoms with Gasteiger partial charge in [-0.3, -0.25) is 4.79 Å². The lowest BCUT2D eigenvalue weighted by molar-refractivity contribution is 0.102. The summed E-state index contributed by atoms with van der Waals surface area (Å²) in [5.41, 5.74) is 2.12. The van der Waals surface area contributed by atoms with Crippen molar-refractivity contribution < 1.29 is 13.7 Å². The second kappa shape index (κ2) is 6.89. The van der Waals surface area contributed by atoms with E-state index in [2.05, 4.69) is 25.0 Å². The van der Waals surface area contributed by atoms with Crippen molar-refractivity contribution in [3.05, 3.63) is 64.7 Å². The summed E-state index contributed by atoms with van der Waals surface area (Å²) in [6.07, 6.45) is 1.93. The number of carbonyl (C=O) groups is 1. The van der Waals surface area contributed by atoms with E-state index in [9.17, 15) is 4.79 Å². The van der Waals surface area contributed by atoms with Crippen LogP contribution in [0.25, 0.3) is 11.6 Å². The van der Waals surface area contributed by atoms with Crippen molar-refractivity contribution in [2.45, 2.75) is 13.3 Å². The number of hydrogen-bond donors (Lipinski definition) is 1. The minimum Gasteiger partial charge on any atom is -0.461 e. The molecule has 1 amide bonds. The molecule has 0 spiro atoms. The van der Waals surface area contributed by atoms with Gasteiger partial charge in [-0.15, -0.1) is 5.10 Å². The van der Waals surface area contributed by atoms with Gasteiger partial charge in [0.25, 0.3) is 5.91 Å². The van der Waals surface area contributed by atoms with Crippen LogP contribution in [0.1, 0.15) is 26.8 Å². The summed E-state index contributed by atoms with van der Waals surface area (Å²) in [7, 11) is 0. The molecule has 130 valence electrons. The van der Waals surface area contributed by atoms with Crippen molar-refractivity contribution in [2.24, 2.45) is 0 Å². The number of carbonyl (C=O) groups excluding carboxylic acids is 1. The van der Waals surface area contributed by atoms with Gasteiger partial charge in [-0.2, -0.15) is 4.98 Å². The molecule has 0 atom stereocenters. The maximum absolute atomic E-state index is 12.4. The number of para-hydroxylation sites is 1. The predicted octanol–water partition coefficient (Wildman–Crippen LogP) is 3.33. The fraction of sp³-hybridized carbons (Fsp3) is 0.118. The Bertz CT molecular complexity index is 1040. The van der Waals surface area contributed by atoms with E-state index in [1.807, 2.05) is 24.3 Å². The Morgan fingerprint density at radius 1 is 1.23 bits per heavy atom. The monoisotopic (exact) mass is 367 g/mol. The maximum atomic E-state index is 12.4. The van der Waals surface area contributed by atoms with Crippen LogP contribution in [-0.2, 0) is 6.42 Å². The van der Waals surface area contributed by atoms with Crippen molar-refractivity contribution >= 4 is 23.1 Å². The van der Waals surface area contributed by atoms with E-state index in [1.165, 1.54) is 0 Å². The third-order valence-corrected chi connectivity index (χ3v) is 4.50. The second-order valence-corrected chi connectivity index (χ2v) is 6.22. The van der Waals surface area contributed by atoms with Gasteiger partial charge >= 0.3 is 0 Å². The molecule has 3 heterocycles. The molecule has 3 aromatic heterocycles. The summed E-state index contributed by atoms with van der Waals surface area (Å²) in [6.45, 7) is 1.75. The van der Waals surface area contributed by atoms with Crippen LogP contribution in [0.3, 0.4) is 0 Å². The first kappa shape index (κ1) is 16.2. The third-order valence-electron chi connectivity index (χ3n) is 3.67. The van der Waals surface area contributed by atoms with E-state index in [0.717, 1.165) is 17.1 Å². The highest BCUT2D eigenvalue weighted by Crippen LogP contribution is 2.22. The molecule has 0 unspecified atom stereocenters. The number of furan rings is 1. The van der Waals surface area contributed by atoms with E-state index in [-0.39, 0.29) is 5.91 Å². The minimum atomic E-state index is -0.244. The molecule has 0 aliphatic carbocycles. The number of aromatic nitrogens is 4. The van der Waals surface area contributed by atoms with Gasteiger partial charge in [0.1, 0.15) is 4.88 Å². The quantitative estimate of drug-likeness (QED) is 0.576. The molecule has 9 heteroatoms. The van der Waals surface area contributed by atoms with Gasteiger partial charge in [-0.05, 0) is 42.2 Å². The van der Waals surface area contributed by atoms with Gasteiger partial charge in [0.2, 0.25) is 11.7 Å². The number of nitrogens with one attached hydrogen (secondary N) is 1. The van der Waals surface area contributed by atoms with E-state index < -0.39 is 0 Å². The van der Waals surface area contributed by atoms with Crippen molar-refractivity contribution in [3.63, 3.8) is 0 Å². The molecule has 0 saturated heterocycles. The molecule has 0 bridgehead atoms. The molecular formula is C17H13N5O3S. The zero-order chi connectivity index (χ0) is 17.9. The first-order chi connectivity index (χ1) is 12.7. The Morgan fingerprint density at radius 2 is 2.12 bits per heavy atom. The summed E-state index contributed by atoms with van der Waals surface area (Å²) in [6, 6.07) is 11.0. The molecule has 4 aromatic rings. The molecular weight excluding hydrogens is 354 g/mol. The highest BCUT2D eigenvalue weighted by atomic mass is 32.1. The molecule has 0 aliphatic heterocycles. The number of anilines is 1. The number of aryl methyl sites for hydroxylation is 1. The van der Waals surface area contributed by atoms with E-state index in [0.29, 0.717) is 40.2 Å². The van der Waals surface area contributed by atoms with Crippen molar-refractivity contribution in [2.75, 3.05) is 5.32 Å². The SMILES string of the molecule is Cc1nnsc1C(=O)Nc1ccccc1Cc1nc(-c2ccco2)no1. The van der Waals surface area contributed by atoms with Crippen molar-refractivity contribution in [1.82, 2.24) is 19.7 Å². The normalized spacial score (nSPS) is 10.8. The Balaban J connectivity index is 1.55. The third kappa shape index (κ3) is 3.24. The summed E-state index contributed by atoms with van der Waals surface area (Å²) in [5.74, 6) is 1.10. The summed E-state index contributed by atoms with van der Waals surface area (Å²) >= 11 is 1.06. The van der Waals surface area contributed by atoms with E-state index in [4.69, 9.17) is 8.94 Å². The van der Waals surface area contributed by atoms with Crippen molar-refractivity contribution in [1.29, 1.82) is 0 Å². The molecule has 8 nitrogen and oxygen atoms in total. The first-order valence-electron chi connectivity index (χ1n) is 7.75. The Hall–Kier alpha value is -3.33. The fourth-order valence-electron chi connectivity index (χ4n) is 2.41. The second-order valence-electron chi connectivity index (χ2n) is 5.46. The standard InChI is InChI=1S/C17H13N5O3S/c1-10-15(26-22-20-10)17(23)18-12-6-3-2-5-11(12)9-14-19-16(21-25-14)13-7-4-8-24-13/h2-8H,9H2,1H3,(H,18,23). The van der Waals surface area contributed by atoms with Crippen LogP contribution >= 0.6 is 11.5 Å². The first-order valence-corrected chi connectivity index (χ1v) is 8.52. The Morgan fingerprint density at radius 3 is 2.88 bits per heavy atom. The van der Waals surface area contributed by atoms with Crippen LogP contribution in [0.4, 0.5) is 5.69 Å². The Kier molecular flexibility index (Phi) is 4.28. The van der Waals surface area contributed by atoms with Gasteiger partial charge in [-0.25, -0.2) is 0 Å². The molecule has 26 heavy (non-hydrogen) atoms. The molecule has 0 saturated carbocycles. The van der Waals surface area contributed by atoms with Crippen LogP contribution in [0.15, 0.2) is 51.6 Å². The molecule has 4 rings (SSSR count). The van der Waals surface area contributed by atoms with Gasteiger partial charge in [-0.1, -0.05) is 27.8 Å². The van der Waals surface area contributed by atoms with Gasteiger partial charge in [0.15, 0.2) is 5.76 Å². The molecule has 1 aromatic carbocycles. The summed E-state index contributed by atoms with van der Waals surface area (Å²) in [5, 5.41) is 10.7. The van der Waals surface area contributed by atoms with Crippen LogP contribution in [0.2, 0.25) is 0 Å². The number of benzene rings is 1. The zero-order valence-corrected chi connectivity index (χ0v) is 14.5. The van der Waals surface area contributed by atoms with Gasteiger partial charge < -0.3 is 14.3 Å². The number of nitrogens with zero attached hydrogens (tertiary/aromatic N) is 4. The minimum absolute atomic E-state index is 0.244. The lowest BCUT2D eigenvalue weighted by Gasteiger charge is -2.08. The number of amides is 1. The molecule has 0 radical (unpaired) electrons. The van der Waals surface area contributed by atoms with Crippen LogP contribution in [-0.4, -0.2) is 25.6 Å². The van der Waals surface area contributed by atoms with E-state index in [1.54, 1.807) is 25.3 Å². The predicted molar refractivity (Wildman–Crippen MR) is 93.8 cm³/mol. The maximum Gasteiger partial charge on any atom is 0.269 e. The highest BCUT2D eigenvalue weighted by molar-refractivity contribution is 7.08. The van der Waals surface area contributed by atoms with Crippen LogP contribution in [0.5, 0.6) is 0 Å². The Labute approximate surface area is 152 Å². The molecule has 1 N–H and O–H groups in total. The molecule has 0 aliphatic rings. The van der Waals surface area contributed by atoms with Crippen molar-refractivity contribution in [3.8, 4) is 11.6 Å². The largest absolute Gasteiger partial charge is 0.461 e. The summed E-state index contributed by atoms with van der Waals surface area (Å²) < 4.78 is 14.3. The van der Waals surface area contributed by atoms with E-state index >= 15 is 0 Å². The average Bonchev–Trinajstić information content (AvgIpc) is 3.37. The lowest BCUT2D eigenvalue weighted by atomic mass is 10.1. The summed E-state index contributed by atoms with van der Waals surface area (Å²) in [4.78, 5) is 17.2. The van der Waals surface area contributed by atoms with Gasteiger partial charge in [0, 0.05) is 5.69 Å². The molecule has 0 fully saturated rings. The lowest BCUT2D eigenvalue weighted by Crippen LogP contribution is -2.13. The topological polar surface area (TPSA) is 107 Å². The number of hydrogen-bond acceptors (Lipinski definition) is 8. The zero-order valence-electron chi connectivity index (χ0n) is 13.7. The van der Waals surface area contributed by atoms with Gasteiger partial charge in [0.05, 0.1) is 18.4 Å². The highest BCUT2D eigenvalue weighted by Gasteiger charge is 2.17. The van der Waals surface area contributed by atoms with Crippen LogP contribution < -0.4 is 5.32 Å². The van der Waals surface area contributed by atoms with Crippen LogP contribution in [0, 0.1) is 6.92 Å². The number of rotatable bonds is 5.